The standard InChI is InChI=1S/C10H11N3O6/c11-3-10(4-14)7(17)6(16)8(19-10)13-2-1-5(15)12-9(13)18/h1-2,6-8,14,16-17H,4H2,(H,12,15,18)/t6?,7?,8-,10-/m0/s1. The molecule has 0 radical (unpaired) electrons. The minimum atomic E-state index is -2.01. The van der Waals surface area contributed by atoms with E-state index in [-0.39, 0.29) is 0 Å². The van der Waals surface area contributed by atoms with Crippen molar-refractivity contribution in [3.8, 4) is 6.07 Å². The van der Waals surface area contributed by atoms with Crippen molar-refractivity contribution in [1.82, 2.24) is 9.55 Å². The van der Waals surface area contributed by atoms with E-state index < -0.39 is 41.9 Å². The number of nitriles is 1. The Morgan fingerprint density at radius 3 is 2.68 bits per heavy atom. The molecule has 2 rings (SSSR count). The minimum absolute atomic E-state index is 0.636. The first-order valence-corrected chi connectivity index (χ1v) is 5.33. The van der Waals surface area contributed by atoms with Crippen LogP contribution in [0.2, 0.25) is 0 Å². The van der Waals surface area contributed by atoms with E-state index in [0.717, 1.165) is 16.8 Å². The zero-order valence-corrected chi connectivity index (χ0v) is 9.55. The average Bonchev–Trinajstić information content (AvgIpc) is 2.64. The molecule has 1 fully saturated rings. The van der Waals surface area contributed by atoms with E-state index in [0.29, 0.717) is 0 Å². The molecular formula is C10H11N3O6. The lowest BCUT2D eigenvalue weighted by Gasteiger charge is -2.21. The normalized spacial score (nSPS) is 34.1. The van der Waals surface area contributed by atoms with Crippen LogP contribution in [0.5, 0.6) is 0 Å². The smallest absolute Gasteiger partial charge is 0.330 e. The number of hydrogen-bond acceptors (Lipinski definition) is 7. The summed E-state index contributed by atoms with van der Waals surface area (Å²) >= 11 is 0. The van der Waals surface area contributed by atoms with Gasteiger partial charge in [-0.1, -0.05) is 0 Å². The molecule has 102 valence electrons. The highest BCUT2D eigenvalue weighted by Crippen LogP contribution is 2.35. The second-order valence-electron chi connectivity index (χ2n) is 4.12. The van der Waals surface area contributed by atoms with Gasteiger partial charge in [-0.15, -0.1) is 0 Å². The summed E-state index contributed by atoms with van der Waals surface area (Å²) in [5.41, 5.74) is -3.52. The first kappa shape index (κ1) is 13.4. The number of hydrogen-bond donors (Lipinski definition) is 4. The average molecular weight is 269 g/mol. The van der Waals surface area contributed by atoms with Crippen LogP contribution in [0, 0.1) is 11.3 Å². The molecule has 0 bridgehead atoms. The van der Waals surface area contributed by atoms with Gasteiger partial charge in [0.1, 0.15) is 18.3 Å². The van der Waals surface area contributed by atoms with Gasteiger partial charge in [0.25, 0.3) is 5.56 Å². The number of H-pyrrole nitrogens is 1. The highest BCUT2D eigenvalue weighted by molar-refractivity contribution is 5.14. The Bertz CT molecular complexity index is 631. The van der Waals surface area contributed by atoms with E-state index in [1.165, 1.54) is 0 Å². The van der Waals surface area contributed by atoms with Crippen molar-refractivity contribution in [2.24, 2.45) is 0 Å². The second kappa shape index (κ2) is 4.60. The topological polar surface area (TPSA) is 149 Å². The lowest BCUT2D eigenvalue weighted by molar-refractivity contribution is -0.0948. The molecule has 0 saturated carbocycles. The molecule has 9 nitrogen and oxygen atoms in total. The molecule has 0 aromatic carbocycles. The van der Waals surface area contributed by atoms with Crippen LogP contribution in [0.15, 0.2) is 21.9 Å². The third-order valence-corrected chi connectivity index (χ3v) is 2.97. The van der Waals surface area contributed by atoms with Gasteiger partial charge in [-0.2, -0.15) is 5.26 Å². The number of aliphatic hydroxyl groups excluding tert-OH is 3. The summed E-state index contributed by atoms with van der Waals surface area (Å²) in [7, 11) is 0. The number of rotatable bonds is 2. The molecule has 1 aromatic heterocycles. The molecule has 9 heteroatoms. The van der Waals surface area contributed by atoms with Crippen LogP contribution in [-0.4, -0.2) is 49.3 Å². The van der Waals surface area contributed by atoms with Crippen molar-refractivity contribution in [3.63, 3.8) is 0 Å². The van der Waals surface area contributed by atoms with Crippen LogP contribution in [-0.2, 0) is 4.74 Å². The summed E-state index contributed by atoms with van der Waals surface area (Å²) in [6.07, 6.45) is -3.61. The molecule has 1 aromatic rings. The fourth-order valence-corrected chi connectivity index (χ4v) is 1.89. The Balaban J connectivity index is 2.46. The van der Waals surface area contributed by atoms with E-state index in [2.05, 4.69) is 0 Å². The second-order valence-corrected chi connectivity index (χ2v) is 4.12. The Labute approximate surface area is 105 Å². The monoisotopic (exact) mass is 269 g/mol. The molecule has 1 aliphatic heterocycles. The quantitative estimate of drug-likeness (QED) is 0.448. The van der Waals surface area contributed by atoms with Gasteiger partial charge in [0.15, 0.2) is 6.23 Å². The van der Waals surface area contributed by atoms with E-state index in [4.69, 9.17) is 15.1 Å². The number of nitrogens with one attached hydrogen (secondary N) is 1. The largest absolute Gasteiger partial charge is 0.392 e. The van der Waals surface area contributed by atoms with Crippen LogP contribution >= 0.6 is 0 Å². The van der Waals surface area contributed by atoms with Crippen LogP contribution in [0.25, 0.3) is 0 Å². The highest BCUT2D eigenvalue weighted by atomic mass is 16.6. The lowest BCUT2D eigenvalue weighted by Crippen LogP contribution is -2.45. The van der Waals surface area contributed by atoms with Crippen molar-refractivity contribution in [3.05, 3.63) is 33.1 Å². The first-order chi connectivity index (χ1) is 8.95. The van der Waals surface area contributed by atoms with Crippen molar-refractivity contribution in [1.29, 1.82) is 5.26 Å². The maximum Gasteiger partial charge on any atom is 0.330 e. The third kappa shape index (κ3) is 1.96. The molecule has 0 amide bonds. The van der Waals surface area contributed by atoms with Gasteiger partial charge in [-0.25, -0.2) is 4.79 Å². The SMILES string of the molecule is N#C[C@@]1(CO)O[C@H](n2ccc(=O)[nH]c2=O)C(O)C1O. The third-order valence-electron chi connectivity index (χ3n) is 2.97. The van der Waals surface area contributed by atoms with Gasteiger partial charge >= 0.3 is 5.69 Å². The molecular weight excluding hydrogens is 258 g/mol. The van der Waals surface area contributed by atoms with Crippen LogP contribution < -0.4 is 11.2 Å². The number of nitrogens with zero attached hydrogens (tertiary/aromatic N) is 2. The zero-order valence-electron chi connectivity index (χ0n) is 9.55. The molecule has 4 atom stereocenters. The van der Waals surface area contributed by atoms with E-state index in [1.54, 1.807) is 6.07 Å². The molecule has 0 spiro atoms. The highest BCUT2D eigenvalue weighted by Gasteiger charge is 2.55. The first-order valence-electron chi connectivity index (χ1n) is 5.33. The van der Waals surface area contributed by atoms with E-state index >= 15 is 0 Å². The van der Waals surface area contributed by atoms with Crippen LogP contribution in [0.4, 0.5) is 0 Å². The predicted molar refractivity (Wildman–Crippen MR) is 58.9 cm³/mol. The van der Waals surface area contributed by atoms with E-state index in [1.807, 2.05) is 4.98 Å². The summed E-state index contributed by atoms with van der Waals surface area (Å²) in [4.78, 5) is 24.4. The predicted octanol–water partition coefficient (Wildman–Crippen LogP) is -2.96. The summed E-state index contributed by atoms with van der Waals surface area (Å²) in [6.45, 7) is -0.851. The Kier molecular flexibility index (Phi) is 3.25. The van der Waals surface area contributed by atoms with Gasteiger partial charge in [-0.3, -0.25) is 14.3 Å². The van der Waals surface area contributed by atoms with Gasteiger partial charge < -0.3 is 20.1 Å². The van der Waals surface area contributed by atoms with Crippen LogP contribution in [0.3, 0.4) is 0 Å². The molecule has 1 aliphatic rings. The molecule has 0 aliphatic carbocycles. The zero-order chi connectivity index (χ0) is 14.2. The lowest BCUT2D eigenvalue weighted by atomic mass is 9.98. The van der Waals surface area contributed by atoms with Crippen LogP contribution in [0.1, 0.15) is 6.23 Å². The fourth-order valence-electron chi connectivity index (χ4n) is 1.89. The minimum Gasteiger partial charge on any atom is -0.392 e. The Hall–Kier alpha value is -1.99. The number of aliphatic hydroxyl groups is 3. The summed E-state index contributed by atoms with van der Waals surface area (Å²) in [5, 5.41) is 37.6. The maximum atomic E-state index is 11.6. The summed E-state index contributed by atoms with van der Waals surface area (Å²) in [5.74, 6) is 0. The molecule has 2 heterocycles. The van der Waals surface area contributed by atoms with Crippen molar-refractivity contribution < 1.29 is 20.1 Å². The van der Waals surface area contributed by atoms with Gasteiger partial charge in [-0.05, 0) is 0 Å². The van der Waals surface area contributed by atoms with Crippen molar-refractivity contribution in [2.75, 3.05) is 6.61 Å². The van der Waals surface area contributed by atoms with Crippen molar-refractivity contribution in [2.45, 2.75) is 24.0 Å². The summed E-state index contributed by atoms with van der Waals surface area (Å²) in [6, 6.07) is 2.59. The van der Waals surface area contributed by atoms with Gasteiger partial charge in [0.05, 0.1) is 6.61 Å². The molecule has 4 N–H and O–H groups in total. The Morgan fingerprint density at radius 2 is 2.21 bits per heavy atom. The Morgan fingerprint density at radius 1 is 1.53 bits per heavy atom. The number of ether oxygens (including phenoxy) is 1. The van der Waals surface area contributed by atoms with E-state index in [9.17, 15) is 19.8 Å². The maximum absolute atomic E-state index is 11.6. The van der Waals surface area contributed by atoms with Crippen molar-refractivity contribution >= 4 is 0 Å². The molecule has 1 saturated heterocycles. The molecule has 19 heavy (non-hydrogen) atoms. The fraction of sp³-hybridized carbons (Fsp3) is 0.500. The number of aromatic amines is 1. The molecule has 2 unspecified atom stereocenters. The van der Waals surface area contributed by atoms with Gasteiger partial charge in [0.2, 0.25) is 5.60 Å². The summed E-state index contributed by atoms with van der Waals surface area (Å²) < 4.78 is 5.93. The van der Waals surface area contributed by atoms with Gasteiger partial charge in [0, 0.05) is 12.3 Å². The number of aromatic nitrogens is 2.